The van der Waals surface area contributed by atoms with Gasteiger partial charge in [0, 0.05) is 16.6 Å². The molecule has 1 aliphatic heterocycles. The summed E-state index contributed by atoms with van der Waals surface area (Å²) in [5.74, 6) is -0.413. The summed E-state index contributed by atoms with van der Waals surface area (Å²) >= 11 is 12.1. The molecule has 7 heteroatoms. The van der Waals surface area contributed by atoms with Gasteiger partial charge in [-0.15, -0.1) is 11.6 Å². The third kappa shape index (κ3) is 2.88. The summed E-state index contributed by atoms with van der Waals surface area (Å²) in [5.41, 5.74) is 4.60. The van der Waals surface area contributed by atoms with Crippen LogP contribution >= 0.6 is 23.2 Å². The number of alkyl halides is 1. The van der Waals surface area contributed by atoms with Gasteiger partial charge >= 0.3 is 0 Å². The van der Waals surface area contributed by atoms with Crippen molar-refractivity contribution in [3.05, 3.63) is 71.4 Å². The number of carbonyl (C=O) groups is 2. The summed E-state index contributed by atoms with van der Waals surface area (Å²) in [6.07, 6.45) is 1.73. The maximum absolute atomic E-state index is 12.6. The minimum atomic E-state index is -0.661. The zero-order valence-electron chi connectivity index (χ0n) is 13.6. The lowest BCUT2D eigenvalue weighted by Crippen LogP contribution is -2.62. The second-order valence-electron chi connectivity index (χ2n) is 6.08. The van der Waals surface area contributed by atoms with Crippen molar-refractivity contribution in [2.45, 2.75) is 11.4 Å². The van der Waals surface area contributed by atoms with E-state index in [0.29, 0.717) is 5.02 Å². The number of fused-ring (bicyclic) bond motifs is 1. The Labute approximate surface area is 160 Å². The lowest BCUT2D eigenvalue weighted by Gasteiger charge is -2.44. The fraction of sp³-hybridized carbons (Fsp3) is 0.158. The number of para-hydroxylation sites is 1. The largest absolute Gasteiger partial charge is 0.286 e. The average molecular weight is 388 g/mol. The average Bonchev–Trinajstić information content (AvgIpc) is 3.09. The Balaban J connectivity index is 1.48. The Kier molecular flexibility index (Phi) is 4.44. The van der Waals surface area contributed by atoms with Crippen molar-refractivity contribution in [3.63, 3.8) is 0 Å². The van der Waals surface area contributed by atoms with Crippen molar-refractivity contribution in [1.82, 2.24) is 15.0 Å². The highest BCUT2D eigenvalue weighted by Crippen LogP contribution is 2.37. The first-order valence-corrected chi connectivity index (χ1v) is 8.93. The highest BCUT2D eigenvalue weighted by Gasteiger charge is 2.47. The van der Waals surface area contributed by atoms with Gasteiger partial charge in [-0.05, 0) is 29.8 Å². The van der Waals surface area contributed by atoms with E-state index in [1.54, 1.807) is 22.9 Å². The van der Waals surface area contributed by atoms with Crippen LogP contribution in [0.4, 0.5) is 0 Å². The Hall–Kier alpha value is -2.34. The molecule has 5 nitrogen and oxygen atoms in total. The summed E-state index contributed by atoms with van der Waals surface area (Å²) in [6, 6.07) is 16.3. The van der Waals surface area contributed by atoms with Crippen LogP contribution in [-0.2, 0) is 4.79 Å². The molecule has 1 saturated heterocycles. The number of benzene rings is 2. The zero-order valence-corrected chi connectivity index (χ0v) is 15.1. The molecule has 0 saturated carbocycles. The van der Waals surface area contributed by atoms with E-state index in [2.05, 4.69) is 5.43 Å². The molecular weight excluding hydrogens is 373 g/mol. The smallest absolute Gasteiger partial charge is 0.257 e. The van der Waals surface area contributed by atoms with Gasteiger partial charge in [-0.3, -0.25) is 19.2 Å². The van der Waals surface area contributed by atoms with Crippen molar-refractivity contribution >= 4 is 45.9 Å². The van der Waals surface area contributed by atoms with Gasteiger partial charge in [0.1, 0.15) is 5.38 Å². The molecule has 132 valence electrons. The molecule has 1 amide bonds. The first-order valence-electron chi connectivity index (χ1n) is 8.11. The Bertz CT molecular complexity index is 984. The number of hydrogen-bond donors (Lipinski definition) is 1. The molecule has 0 spiro atoms. The summed E-state index contributed by atoms with van der Waals surface area (Å²) in [4.78, 5) is 24.7. The van der Waals surface area contributed by atoms with Gasteiger partial charge in [-0.2, -0.15) is 0 Å². The van der Waals surface area contributed by atoms with Crippen LogP contribution in [0.3, 0.4) is 0 Å². The third-order valence-electron chi connectivity index (χ3n) is 4.51. The maximum atomic E-state index is 12.6. The molecule has 3 aromatic rings. The number of hydrogen-bond acceptors (Lipinski definition) is 3. The Morgan fingerprint density at radius 1 is 1.08 bits per heavy atom. The number of halogens is 2. The summed E-state index contributed by atoms with van der Waals surface area (Å²) in [7, 11) is 0. The highest BCUT2D eigenvalue weighted by molar-refractivity contribution is 6.33. The summed E-state index contributed by atoms with van der Waals surface area (Å²) < 4.78 is 1.57. The molecular formula is C19H15Cl2N3O2. The van der Waals surface area contributed by atoms with Crippen molar-refractivity contribution in [3.8, 4) is 0 Å². The normalized spacial score (nSPS) is 19.6. The number of carbonyl (C=O) groups excluding carboxylic acids is 2. The van der Waals surface area contributed by atoms with Crippen molar-refractivity contribution in [1.29, 1.82) is 0 Å². The monoisotopic (exact) mass is 387 g/mol. The molecule has 1 fully saturated rings. The molecule has 2 heterocycles. The van der Waals surface area contributed by atoms with Crippen LogP contribution in [0.2, 0.25) is 5.02 Å². The number of rotatable bonds is 4. The number of aromatic nitrogens is 1. The lowest BCUT2D eigenvalue weighted by atomic mass is 9.95. The van der Waals surface area contributed by atoms with E-state index in [4.69, 9.17) is 23.2 Å². The first-order chi connectivity index (χ1) is 12.6. The molecule has 1 N–H and O–H groups in total. The van der Waals surface area contributed by atoms with E-state index < -0.39 is 5.38 Å². The fourth-order valence-corrected chi connectivity index (χ4v) is 3.64. The van der Waals surface area contributed by atoms with Gasteiger partial charge < -0.3 is 0 Å². The molecule has 1 aliphatic rings. The molecule has 2 atom stereocenters. The van der Waals surface area contributed by atoms with Crippen molar-refractivity contribution in [2.24, 2.45) is 0 Å². The van der Waals surface area contributed by atoms with Gasteiger partial charge in [-0.25, -0.2) is 5.43 Å². The number of hydrazine groups is 1. The van der Waals surface area contributed by atoms with Crippen LogP contribution in [0.15, 0.2) is 60.8 Å². The number of amides is 1. The second-order valence-corrected chi connectivity index (χ2v) is 6.99. The Morgan fingerprint density at radius 3 is 2.58 bits per heavy atom. The van der Waals surface area contributed by atoms with E-state index in [0.717, 1.165) is 16.5 Å². The van der Waals surface area contributed by atoms with E-state index in [-0.39, 0.29) is 24.4 Å². The minimum Gasteiger partial charge on any atom is -0.286 e. The standard InChI is InChI=1S/C19H15Cl2N3O2/c20-14-7-5-13(6-8-14)18-17(21)19(26)24(18)22-11-16(25)23-10-9-12-3-1-2-4-15(12)23/h1-10,17-18,22H,11H2. The molecule has 0 bridgehead atoms. The summed E-state index contributed by atoms with van der Waals surface area (Å²) in [6.45, 7) is -0.0158. The van der Waals surface area contributed by atoms with Crippen LogP contribution in [0.25, 0.3) is 10.9 Å². The van der Waals surface area contributed by atoms with Crippen LogP contribution in [0.1, 0.15) is 16.4 Å². The van der Waals surface area contributed by atoms with Crippen LogP contribution in [0.5, 0.6) is 0 Å². The molecule has 0 aliphatic carbocycles. The molecule has 2 aromatic carbocycles. The molecule has 2 unspecified atom stereocenters. The first kappa shape index (κ1) is 17.1. The van der Waals surface area contributed by atoms with Gasteiger partial charge in [0.25, 0.3) is 5.91 Å². The Morgan fingerprint density at radius 2 is 1.81 bits per heavy atom. The van der Waals surface area contributed by atoms with E-state index in [9.17, 15) is 9.59 Å². The SMILES string of the molecule is O=C1C(Cl)C(c2ccc(Cl)cc2)N1NCC(=O)n1ccc2ccccc21. The molecule has 1 aromatic heterocycles. The molecule has 26 heavy (non-hydrogen) atoms. The second kappa shape index (κ2) is 6.76. The maximum Gasteiger partial charge on any atom is 0.257 e. The molecule has 4 rings (SSSR count). The number of β-lactam (4-membered cyclic amide) rings is 1. The van der Waals surface area contributed by atoms with E-state index >= 15 is 0 Å². The van der Waals surface area contributed by atoms with E-state index in [1.165, 1.54) is 5.01 Å². The van der Waals surface area contributed by atoms with Crippen molar-refractivity contribution in [2.75, 3.05) is 6.54 Å². The predicted molar refractivity (Wildman–Crippen MR) is 101 cm³/mol. The minimum absolute atomic E-state index is 0.0158. The van der Waals surface area contributed by atoms with Gasteiger partial charge in [0.2, 0.25) is 5.91 Å². The van der Waals surface area contributed by atoms with Crippen LogP contribution in [-0.4, -0.2) is 33.3 Å². The quantitative estimate of drug-likeness (QED) is 0.549. The lowest BCUT2D eigenvalue weighted by molar-refractivity contribution is -0.150. The van der Waals surface area contributed by atoms with Gasteiger partial charge in [0.15, 0.2) is 0 Å². The fourth-order valence-electron chi connectivity index (χ4n) is 3.15. The van der Waals surface area contributed by atoms with Crippen molar-refractivity contribution < 1.29 is 9.59 Å². The topological polar surface area (TPSA) is 54.3 Å². The predicted octanol–water partition coefficient (Wildman–Crippen LogP) is 3.63. The molecule has 0 radical (unpaired) electrons. The van der Waals surface area contributed by atoms with Gasteiger partial charge in [-0.1, -0.05) is 41.9 Å². The number of nitrogens with zero attached hydrogens (tertiary/aromatic N) is 2. The summed E-state index contributed by atoms with van der Waals surface area (Å²) in [5, 5.41) is 2.34. The van der Waals surface area contributed by atoms with Crippen LogP contribution < -0.4 is 5.43 Å². The highest BCUT2D eigenvalue weighted by atomic mass is 35.5. The third-order valence-corrected chi connectivity index (χ3v) is 5.19. The van der Waals surface area contributed by atoms with Gasteiger partial charge in [0.05, 0.1) is 18.1 Å². The van der Waals surface area contributed by atoms with Crippen LogP contribution in [0, 0.1) is 0 Å². The zero-order chi connectivity index (χ0) is 18.3. The van der Waals surface area contributed by atoms with E-state index in [1.807, 2.05) is 42.5 Å². The number of nitrogens with one attached hydrogen (secondary N) is 1.